The van der Waals surface area contributed by atoms with Gasteiger partial charge in [-0.15, -0.1) is 0 Å². The number of hydrogen-bond donors (Lipinski definition) is 6. The number of ether oxygens (including phenoxy) is 4. The molecule has 0 saturated heterocycles. The van der Waals surface area contributed by atoms with E-state index >= 15 is 0 Å². The number of carboxylic acid groups (broad SMARTS) is 2. The van der Waals surface area contributed by atoms with Crippen molar-refractivity contribution >= 4 is 11.9 Å². The molecule has 0 radical (unpaired) electrons. The molecule has 4 unspecified atom stereocenters. The summed E-state index contributed by atoms with van der Waals surface area (Å²) in [5, 5.41) is 50.7. The second-order valence-electron chi connectivity index (χ2n) is 7.29. The maximum atomic E-state index is 9.60. The number of carbonyl (C=O) groups is 2. The lowest BCUT2D eigenvalue weighted by molar-refractivity contribution is -0.193. The minimum absolute atomic E-state index is 0.000973. The number of aliphatic hydroxyl groups excluding tert-OH is 3. The van der Waals surface area contributed by atoms with Gasteiger partial charge in [-0.25, -0.2) is 9.59 Å². The number of rotatable bonds is 13. The maximum Gasteiger partial charge on any atom is 0.330 e. The average Bonchev–Trinajstić information content (AvgIpc) is 2.77. The summed E-state index contributed by atoms with van der Waals surface area (Å²) in [6.07, 6.45) is -0.891. The van der Waals surface area contributed by atoms with Crippen molar-refractivity contribution < 1.29 is 59.2 Å². The first-order chi connectivity index (χ1) is 15.5. The fourth-order valence-corrected chi connectivity index (χ4v) is 0.981. The van der Waals surface area contributed by atoms with Crippen molar-refractivity contribution in [2.24, 2.45) is 0 Å². The molecule has 0 saturated carbocycles. The van der Waals surface area contributed by atoms with Gasteiger partial charge in [0.1, 0.15) is 6.10 Å². The molecule has 0 aromatic carbocycles. The highest BCUT2D eigenvalue weighted by Gasteiger charge is 2.15. The van der Waals surface area contributed by atoms with Crippen LogP contribution in [-0.2, 0) is 28.5 Å². The summed E-state index contributed by atoms with van der Waals surface area (Å²) >= 11 is 0. The van der Waals surface area contributed by atoms with Crippen LogP contribution >= 0.6 is 0 Å². The molecular formula is C22H44O12. The Balaban J connectivity index is -0.000000197. The molecule has 4 atom stereocenters. The van der Waals surface area contributed by atoms with Gasteiger partial charge in [-0.05, 0) is 34.6 Å². The molecule has 34 heavy (non-hydrogen) atoms. The molecule has 0 fully saturated rings. The van der Waals surface area contributed by atoms with Crippen LogP contribution in [0.25, 0.3) is 0 Å². The Hall–Kier alpha value is -1.90. The topological polar surface area (TPSA) is 192 Å². The standard InChI is InChI=1S/C10H22O5.C4H10O3.2C4H6O2/c1-8(4-11)14-5-9(2)15-7-10(12)6-13-3;1-4(6,3-5)7-2;2*1-3(2)4(5)6/h8-12H,4-7H2,1-3H3;5-6H,3H2,1-2H3;2*1H2,2H3,(H,5,6). The number of carboxylic acids is 2. The minimum Gasteiger partial charge on any atom is -0.478 e. The highest BCUT2D eigenvalue weighted by atomic mass is 16.6. The number of aliphatic carboxylic acids is 2. The van der Waals surface area contributed by atoms with Crippen molar-refractivity contribution in [2.45, 2.75) is 58.7 Å². The molecule has 0 bridgehead atoms. The van der Waals surface area contributed by atoms with Gasteiger partial charge in [0.15, 0.2) is 5.79 Å². The van der Waals surface area contributed by atoms with Crippen LogP contribution in [-0.4, -0.2) is 114 Å². The summed E-state index contributed by atoms with van der Waals surface area (Å²) in [7, 11) is 2.86. The first-order valence-electron chi connectivity index (χ1n) is 10.2. The Morgan fingerprint density at radius 1 is 0.882 bits per heavy atom. The summed E-state index contributed by atoms with van der Waals surface area (Å²) in [4.78, 5) is 19.2. The Morgan fingerprint density at radius 2 is 1.26 bits per heavy atom. The SMILES string of the molecule is C=C(C)C(=O)O.C=C(C)C(=O)O.COC(C)(O)CO.COCC(O)COC(C)COC(C)CO. The second kappa shape index (κ2) is 24.2. The lowest BCUT2D eigenvalue weighted by Crippen LogP contribution is -2.30. The van der Waals surface area contributed by atoms with E-state index in [-0.39, 0.29) is 49.8 Å². The van der Waals surface area contributed by atoms with Crippen molar-refractivity contribution in [3.63, 3.8) is 0 Å². The molecule has 204 valence electrons. The van der Waals surface area contributed by atoms with Crippen LogP contribution in [0.4, 0.5) is 0 Å². The van der Waals surface area contributed by atoms with Crippen molar-refractivity contribution in [3.05, 3.63) is 24.3 Å². The smallest absolute Gasteiger partial charge is 0.330 e. The van der Waals surface area contributed by atoms with Crippen LogP contribution in [0.2, 0.25) is 0 Å². The zero-order valence-corrected chi connectivity index (χ0v) is 21.3. The van der Waals surface area contributed by atoms with E-state index in [0.717, 1.165) is 0 Å². The van der Waals surface area contributed by atoms with E-state index < -0.39 is 23.8 Å². The van der Waals surface area contributed by atoms with Crippen LogP contribution in [0.15, 0.2) is 24.3 Å². The molecular weight excluding hydrogens is 456 g/mol. The molecule has 0 spiro atoms. The van der Waals surface area contributed by atoms with Gasteiger partial charge in [0.05, 0.1) is 45.2 Å². The fraction of sp³-hybridized carbons (Fsp3) is 0.727. The van der Waals surface area contributed by atoms with E-state index in [1.165, 1.54) is 35.0 Å². The van der Waals surface area contributed by atoms with Crippen LogP contribution in [0.5, 0.6) is 0 Å². The molecule has 12 nitrogen and oxygen atoms in total. The molecule has 6 N–H and O–H groups in total. The highest BCUT2D eigenvalue weighted by molar-refractivity contribution is 5.85. The molecule has 0 heterocycles. The van der Waals surface area contributed by atoms with Crippen LogP contribution in [0.3, 0.4) is 0 Å². The van der Waals surface area contributed by atoms with Gasteiger partial charge in [-0.3, -0.25) is 0 Å². The quantitative estimate of drug-likeness (QED) is 0.151. The van der Waals surface area contributed by atoms with Crippen molar-refractivity contribution in [1.82, 2.24) is 0 Å². The molecule has 0 aromatic heterocycles. The van der Waals surface area contributed by atoms with E-state index in [1.807, 2.05) is 6.92 Å². The molecule has 12 heteroatoms. The maximum absolute atomic E-state index is 9.60. The molecule has 0 aliphatic carbocycles. The first-order valence-corrected chi connectivity index (χ1v) is 10.2. The molecule has 0 aromatic rings. The fourth-order valence-electron chi connectivity index (χ4n) is 0.981. The minimum atomic E-state index is -1.36. The largest absolute Gasteiger partial charge is 0.478 e. The average molecular weight is 501 g/mol. The molecule has 0 aliphatic heterocycles. The van der Waals surface area contributed by atoms with Crippen molar-refractivity contribution in [2.75, 3.05) is 47.3 Å². The predicted molar refractivity (Wildman–Crippen MR) is 125 cm³/mol. The van der Waals surface area contributed by atoms with E-state index in [1.54, 1.807) is 6.92 Å². The Labute approximate surface area is 202 Å². The van der Waals surface area contributed by atoms with Crippen LogP contribution < -0.4 is 0 Å². The van der Waals surface area contributed by atoms with Crippen LogP contribution in [0.1, 0.15) is 34.6 Å². The lowest BCUT2D eigenvalue weighted by Gasteiger charge is -2.18. The third-order valence-corrected chi connectivity index (χ3v) is 3.27. The second-order valence-corrected chi connectivity index (χ2v) is 7.29. The number of hydrogen-bond acceptors (Lipinski definition) is 10. The van der Waals surface area contributed by atoms with E-state index in [9.17, 15) is 14.7 Å². The summed E-state index contributed by atoms with van der Waals surface area (Å²) in [6.45, 7) is 14.7. The van der Waals surface area contributed by atoms with E-state index in [0.29, 0.717) is 6.61 Å². The molecule has 0 aliphatic rings. The Kier molecular flexibility index (Phi) is 28.0. The van der Waals surface area contributed by atoms with Gasteiger partial charge in [0, 0.05) is 25.4 Å². The zero-order valence-electron chi connectivity index (χ0n) is 21.3. The van der Waals surface area contributed by atoms with Gasteiger partial charge in [0.2, 0.25) is 0 Å². The molecule has 0 amide bonds. The van der Waals surface area contributed by atoms with Gasteiger partial charge < -0.3 is 49.6 Å². The van der Waals surface area contributed by atoms with Crippen molar-refractivity contribution in [3.8, 4) is 0 Å². The third-order valence-electron chi connectivity index (χ3n) is 3.27. The van der Waals surface area contributed by atoms with Gasteiger partial charge in [-0.1, -0.05) is 13.2 Å². The Morgan fingerprint density at radius 3 is 1.50 bits per heavy atom. The third kappa shape index (κ3) is 34.7. The van der Waals surface area contributed by atoms with Gasteiger partial charge in [-0.2, -0.15) is 0 Å². The van der Waals surface area contributed by atoms with Gasteiger partial charge >= 0.3 is 11.9 Å². The van der Waals surface area contributed by atoms with Gasteiger partial charge in [0.25, 0.3) is 0 Å². The van der Waals surface area contributed by atoms with E-state index in [4.69, 9.17) is 39.7 Å². The predicted octanol–water partition coefficient (Wildman–Crippen LogP) is 0.424. The molecule has 0 rings (SSSR count). The van der Waals surface area contributed by atoms with Crippen LogP contribution in [0, 0.1) is 0 Å². The summed E-state index contributed by atoms with van der Waals surface area (Å²) in [5.74, 6) is -3.23. The summed E-state index contributed by atoms with van der Waals surface area (Å²) in [5.41, 5.74) is 0.352. The summed E-state index contributed by atoms with van der Waals surface area (Å²) in [6, 6.07) is 0. The van der Waals surface area contributed by atoms with E-state index in [2.05, 4.69) is 17.9 Å². The lowest BCUT2D eigenvalue weighted by atomic mass is 10.4. The first kappa shape index (κ1) is 39.3. The number of aliphatic hydroxyl groups is 4. The highest BCUT2D eigenvalue weighted by Crippen LogP contribution is 1.99. The monoisotopic (exact) mass is 500 g/mol. The summed E-state index contributed by atoms with van der Waals surface area (Å²) < 4.78 is 19.7. The Bertz CT molecular complexity index is 494. The zero-order chi connectivity index (χ0) is 27.9. The number of methoxy groups -OCH3 is 2. The normalized spacial score (nSPS) is 14.2. The van der Waals surface area contributed by atoms with Crippen molar-refractivity contribution in [1.29, 1.82) is 0 Å².